The Hall–Kier alpha value is -0.430. The molecule has 0 heterocycles. The summed E-state index contributed by atoms with van der Waals surface area (Å²) in [4.78, 5) is 19.6. The summed E-state index contributed by atoms with van der Waals surface area (Å²) >= 11 is 0. The summed E-state index contributed by atoms with van der Waals surface area (Å²) in [6, 6.07) is 9.16. The van der Waals surface area contributed by atoms with Crippen molar-refractivity contribution >= 4 is 13.0 Å². The zero-order chi connectivity index (χ0) is 9.73. The summed E-state index contributed by atoms with van der Waals surface area (Å²) in [5.41, 5.74) is 0. The van der Waals surface area contributed by atoms with Gasteiger partial charge in [0, 0.05) is 0 Å². The Bertz CT molecular complexity index is 246. The van der Waals surface area contributed by atoms with Gasteiger partial charge in [-0.1, -0.05) is 0 Å². The van der Waals surface area contributed by atoms with Crippen molar-refractivity contribution in [1.82, 2.24) is 0 Å². The van der Waals surface area contributed by atoms with Gasteiger partial charge in [-0.25, -0.2) is 0 Å². The summed E-state index contributed by atoms with van der Waals surface area (Å²) in [7, 11) is -3.10. The molecule has 0 aromatic heterocycles. The van der Waals surface area contributed by atoms with E-state index in [0.29, 0.717) is 11.5 Å². The van der Waals surface area contributed by atoms with Crippen LogP contribution in [0.15, 0.2) is 30.3 Å². The Labute approximate surface area is 79.7 Å². The van der Waals surface area contributed by atoms with E-state index in [1.54, 1.807) is 12.1 Å². The van der Waals surface area contributed by atoms with Crippen LogP contribution in [0.4, 0.5) is 0 Å². The van der Waals surface area contributed by atoms with Crippen molar-refractivity contribution in [3.63, 3.8) is 0 Å². The van der Waals surface area contributed by atoms with Crippen LogP contribution in [0.3, 0.4) is 0 Å². The molecular formula is C10H17O2P. The number of hydrogen-bond donors (Lipinski definition) is 2. The van der Waals surface area contributed by atoms with Gasteiger partial charge in [0.25, 0.3) is 0 Å². The van der Waals surface area contributed by atoms with Gasteiger partial charge < -0.3 is 0 Å². The fourth-order valence-corrected chi connectivity index (χ4v) is 3.13. The predicted octanol–water partition coefficient (Wildman–Crippen LogP) is 1.68. The van der Waals surface area contributed by atoms with Gasteiger partial charge in [-0.05, 0) is 0 Å². The molecule has 0 atom stereocenters. The van der Waals surface area contributed by atoms with Crippen molar-refractivity contribution in [2.45, 2.75) is 19.8 Å². The molecule has 0 aliphatic carbocycles. The molecule has 0 unspecified atom stereocenters. The number of hydrogen-bond acceptors (Lipinski definition) is 2. The van der Waals surface area contributed by atoms with E-state index in [0.717, 1.165) is 12.8 Å². The van der Waals surface area contributed by atoms with Gasteiger partial charge in [-0.2, -0.15) is 0 Å². The third-order valence-electron chi connectivity index (χ3n) is 2.12. The molecule has 2 N–H and O–H groups in total. The van der Waals surface area contributed by atoms with Crippen LogP contribution < -0.4 is 5.30 Å². The third-order valence-corrected chi connectivity index (χ3v) is 4.42. The van der Waals surface area contributed by atoms with E-state index in [9.17, 15) is 9.79 Å². The Morgan fingerprint density at radius 2 is 1.77 bits per heavy atom. The number of unbranched alkanes of at least 4 members (excludes halogenated alkanes) is 1. The molecule has 0 bridgehead atoms. The summed E-state index contributed by atoms with van der Waals surface area (Å²) in [5.74, 6) is 0. The van der Waals surface area contributed by atoms with Crippen LogP contribution in [0, 0.1) is 0 Å². The van der Waals surface area contributed by atoms with Crippen molar-refractivity contribution in [3.05, 3.63) is 30.3 Å². The standard InChI is InChI=1S/C10H17O2P/c1-2-3-9-13(11,12)10-7-5-4-6-8-10/h4-8,11-13H,2-3,9H2,1H3. The molecule has 0 spiro atoms. The molecule has 0 aliphatic heterocycles. The first-order valence-electron chi connectivity index (χ1n) is 4.67. The average molecular weight is 200 g/mol. The van der Waals surface area contributed by atoms with Crippen molar-refractivity contribution in [3.8, 4) is 0 Å². The maximum atomic E-state index is 9.81. The fraction of sp³-hybridized carbons (Fsp3) is 0.400. The first-order chi connectivity index (χ1) is 6.17. The van der Waals surface area contributed by atoms with Crippen LogP contribution in [0.1, 0.15) is 19.8 Å². The van der Waals surface area contributed by atoms with Crippen molar-refractivity contribution < 1.29 is 9.79 Å². The first-order valence-corrected chi connectivity index (χ1v) is 6.77. The van der Waals surface area contributed by atoms with Gasteiger partial charge in [-0.3, -0.25) is 0 Å². The molecule has 2 nitrogen and oxygen atoms in total. The Morgan fingerprint density at radius 1 is 1.15 bits per heavy atom. The van der Waals surface area contributed by atoms with E-state index in [4.69, 9.17) is 0 Å². The average Bonchev–Trinajstić information content (AvgIpc) is 2.16. The summed E-state index contributed by atoms with van der Waals surface area (Å²) in [5, 5.41) is 0.712. The van der Waals surface area contributed by atoms with E-state index < -0.39 is 7.72 Å². The zero-order valence-corrected chi connectivity index (χ0v) is 8.90. The molecule has 3 heteroatoms. The molecule has 0 saturated heterocycles. The molecule has 1 rings (SSSR count). The third kappa shape index (κ3) is 3.07. The molecule has 0 saturated carbocycles. The second-order valence-electron chi connectivity index (χ2n) is 3.29. The van der Waals surface area contributed by atoms with Crippen LogP contribution in [-0.2, 0) is 0 Å². The quantitative estimate of drug-likeness (QED) is 0.726. The second-order valence-corrected chi connectivity index (χ2v) is 6.00. The van der Waals surface area contributed by atoms with Gasteiger partial charge in [0.15, 0.2) is 0 Å². The van der Waals surface area contributed by atoms with E-state index in [1.807, 2.05) is 18.2 Å². The molecule has 0 aliphatic rings. The maximum absolute atomic E-state index is 9.81. The van der Waals surface area contributed by atoms with Crippen LogP contribution in [0.2, 0.25) is 0 Å². The second kappa shape index (κ2) is 4.71. The van der Waals surface area contributed by atoms with Crippen LogP contribution in [0.25, 0.3) is 0 Å². The molecule has 1 aromatic carbocycles. The van der Waals surface area contributed by atoms with Gasteiger partial charge in [-0.15, -0.1) is 0 Å². The molecule has 1 aromatic rings. The molecule has 0 radical (unpaired) electrons. The molecule has 0 amide bonds. The van der Waals surface area contributed by atoms with E-state index >= 15 is 0 Å². The monoisotopic (exact) mass is 200 g/mol. The summed E-state index contributed by atoms with van der Waals surface area (Å²) in [6.45, 7) is 2.05. The molecule has 13 heavy (non-hydrogen) atoms. The predicted molar refractivity (Wildman–Crippen MR) is 58.6 cm³/mol. The van der Waals surface area contributed by atoms with Crippen LogP contribution in [-0.4, -0.2) is 15.9 Å². The summed E-state index contributed by atoms with van der Waals surface area (Å²) in [6.07, 6.45) is 2.42. The number of benzene rings is 1. The van der Waals surface area contributed by atoms with E-state index in [2.05, 4.69) is 6.92 Å². The Kier molecular flexibility index (Phi) is 3.86. The van der Waals surface area contributed by atoms with Crippen molar-refractivity contribution in [1.29, 1.82) is 0 Å². The Balaban J connectivity index is 2.69. The minimum atomic E-state index is -3.10. The number of rotatable bonds is 4. The van der Waals surface area contributed by atoms with Gasteiger partial charge >= 0.3 is 79.1 Å². The molecule has 0 fully saturated rings. The zero-order valence-electron chi connectivity index (χ0n) is 7.90. The molecule has 74 valence electrons. The topological polar surface area (TPSA) is 40.5 Å². The van der Waals surface area contributed by atoms with E-state index in [1.165, 1.54) is 0 Å². The van der Waals surface area contributed by atoms with Crippen molar-refractivity contribution in [2.24, 2.45) is 0 Å². The minimum absolute atomic E-state index is 0.535. The first kappa shape index (κ1) is 10.6. The van der Waals surface area contributed by atoms with Crippen molar-refractivity contribution in [2.75, 3.05) is 6.16 Å². The van der Waals surface area contributed by atoms with Crippen LogP contribution >= 0.6 is 7.72 Å². The normalized spacial score (nSPS) is 12.8. The SMILES string of the molecule is CCCC[PH](O)(O)c1ccccc1. The fourth-order valence-electron chi connectivity index (χ4n) is 1.27. The summed E-state index contributed by atoms with van der Waals surface area (Å²) < 4.78 is 0. The van der Waals surface area contributed by atoms with Gasteiger partial charge in [0.05, 0.1) is 0 Å². The van der Waals surface area contributed by atoms with E-state index in [-0.39, 0.29) is 0 Å². The Morgan fingerprint density at radius 3 is 2.31 bits per heavy atom. The van der Waals surface area contributed by atoms with Gasteiger partial charge in [0.1, 0.15) is 0 Å². The molecular weight excluding hydrogens is 183 g/mol. The van der Waals surface area contributed by atoms with Crippen LogP contribution in [0.5, 0.6) is 0 Å². The van der Waals surface area contributed by atoms with Gasteiger partial charge in [0.2, 0.25) is 0 Å².